The SMILES string of the molecule is COc1ccc(OC)c(CN(CC=C(C)C)CCO)c1. The third-order valence-electron chi connectivity index (χ3n) is 3.06. The maximum absolute atomic E-state index is 9.19. The van der Waals surface area contributed by atoms with Crippen LogP contribution in [0.25, 0.3) is 0 Å². The van der Waals surface area contributed by atoms with Gasteiger partial charge in [0.2, 0.25) is 0 Å². The number of hydrogen-bond acceptors (Lipinski definition) is 4. The zero-order chi connectivity index (χ0) is 15.0. The summed E-state index contributed by atoms with van der Waals surface area (Å²) in [5.41, 5.74) is 2.33. The summed E-state index contributed by atoms with van der Waals surface area (Å²) in [4.78, 5) is 2.17. The smallest absolute Gasteiger partial charge is 0.123 e. The van der Waals surface area contributed by atoms with Crippen molar-refractivity contribution in [3.05, 3.63) is 35.4 Å². The van der Waals surface area contributed by atoms with Gasteiger partial charge in [-0.05, 0) is 32.0 Å². The van der Waals surface area contributed by atoms with Gasteiger partial charge in [-0.15, -0.1) is 0 Å². The van der Waals surface area contributed by atoms with Crippen LogP contribution in [0.5, 0.6) is 11.5 Å². The fourth-order valence-electron chi connectivity index (χ4n) is 1.93. The van der Waals surface area contributed by atoms with Gasteiger partial charge in [0.05, 0.1) is 20.8 Å². The Morgan fingerprint density at radius 1 is 1.25 bits per heavy atom. The van der Waals surface area contributed by atoms with E-state index >= 15 is 0 Å². The van der Waals surface area contributed by atoms with E-state index in [1.807, 2.05) is 18.2 Å². The molecule has 1 N–H and O–H groups in total. The van der Waals surface area contributed by atoms with Gasteiger partial charge in [-0.1, -0.05) is 11.6 Å². The fraction of sp³-hybridized carbons (Fsp3) is 0.500. The van der Waals surface area contributed by atoms with Crippen LogP contribution in [-0.4, -0.2) is 43.9 Å². The first kappa shape index (κ1) is 16.5. The van der Waals surface area contributed by atoms with Crippen LogP contribution in [0.15, 0.2) is 29.8 Å². The Morgan fingerprint density at radius 3 is 2.55 bits per heavy atom. The van der Waals surface area contributed by atoms with Gasteiger partial charge in [-0.2, -0.15) is 0 Å². The molecular formula is C16H25NO3. The summed E-state index contributed by atoms with van der Waals surface area (Å²) in [5, 5.41) is 9.19. The Bertz CT molecular complexity index is 439. The molecule has 0 aliphatic rings. The van der Waals surface area contributed by atoms with Crippen LogP contribution in [0.4, 0.5) is 0 Å². The number of benzene rings is 1. The minimum Gasteiger partial charge on any atom is -0.497 e. The largest absolute Gasteiger partial charge is 0.497 e. The molecule has 20 heavy (non-hydrogen) atoms. The Balaban J connectivity index is 2.88. The van der Waals surface area contributed by atoms with E-state index in [-0.39, 0.29) is 6.61 Å². The van der Waals surface area contributed by atoms with Gasteiger partial charge in [-0.25, -0.2) is 0 Å². The number of allylic oxidation sites excluding steroid dienone is 1. The molecule has 0 unspecified atom stereocenters. The van der Waals surface area contributed by atoms with Crippen molar-refractivity contribution in [1.29, 1.82) is 0 Å². The second-order valence-corrected chi connectivity index (χ2v) is 4.92. The van der Waals surface area contributed by atoms with Gasteiger partial charge < -0.3 is 14.6 Å². The topological polar surface area (TPSA) is 41.9 Å². The zero-order valence-electron chi connectivity index (χ0n) is 12.8. The normalized spacial score (nSPS) is 10.5. The highest BCUT2D eigenvalue weighted by atomic mass is 16.5. The fourth-order valence-corrected chi connectivity index (χ4v) is 1.93. The number of rotatable bonds is 8. The van der Waals surface area contributed by atoms with Crippen LogP contribution < -0.4 is 9.47 Å². The van der Waals surface area contributed by atoms with E-state index in [9.17, 15) is 5.11 Å². The van der Waals surface area contributed by atoms with E-state index < -0.39 is 0 Å². The van der Waals surface area contributed by atoms with E-state index in [0.717, 1.165) is 23.6 Å². The number of aliphatic hydroxyl groups is 1. The molecule has 0 saturated carbocycles. The summed E-state index contributed by atoms with van der Waals surface area (Å²) in [7, 11) is 3.32. The Morgan fingerprint density at radius 2 is 2.00 bits per heavy atom. The highest BCUT2D eigenvalue weighted by Crippen LogP contribution is 2.25. The lowest BCUT2D eigenvalue weighted by Gasteiger charge is -2.21. The quantitative estimate of drug-likeness (QED) is 0.742. The summed E-state index contributed by atoms with van der Waals surface area (Å²) < 4.78 is 10.6. The van der Waals surface area contributed by atoms with Crippen LogP contribution in [-0.2, 0) is 6.54 Å². The molecule has 0 aliphatic carbocycles. The molecule has 0 heterocycles. The second-order valence-electron chi connectivity index (χ2n) is 4.92. The summed E-state index contributed by atoms with van der Waals surface area (Å²) in [6.45, 7) is 6.44. The molecular weight excluding hydrogens is 254 g/mol. The molecule has 1 aromatic rings. The number of hydrogen-bond donors (Lipinski definition) is 1. The molecule has 0 amide bonds. The monoisotopic (exact) mass is 279 g/mol. The van der Waals surface area contributed by atoms with Crippen molar-refractivity contribution in [1.82, 2.24) is 4.90 Å². The van der Waals surface area contributed by atoms with E-state index in [1.54, 1.807) is 14.2 Å². The lowest BCUT2D eigenvalue weighted by Crippen LogP contribution is -2.27. The van der Waals surface area contributed by atoms with E-state index in [0.29, 0.717) is 13.1 Å². The van der Waals surface area contributed by atoms with E-state index in [4.69, 9.17) is 9.47 Å². The molecule has 0 spiro atoms. The molecule has 0 saturated heterocycles. The molecule has 0 aliphatic heterocycles. The predicted octanol–water partition coefficient (Wildman–Crippen LogP) is 2.46. The average Bonchev–Trinajstić information content (AvgIpc) is 2.44. The van der Waals surface area contributed by atoms with E-state index in [1.165, 1.54) is 5.57 Å². The maximum atomic E-state index is 9.19. The van der Waals surface area contributed by atoms with Crippen LogP contribution >= 0.6 is 0 Å². The Kier molecular flexibility index (Phi) is 7.12. The van der Waals surface area contributed by atoms with Crippen LogP contribution in [0.1, 0.15) is 19.4 Å². The number of nitrogens with zero attached hydrogens (tertiary/aromatic N) is 1. The Labute approximate surface area is 121 Å². The van der Waals surface area contributed by atoms with Gasteiger partial charge in [0.25, 0.3) is 0 Å². The summed E-state index contributed by atoms with van der Waals surface area (Å²) in [6, 6.07) is 5.77. The molecule has 4 nitrogen and oxygen atoms in total. The highest BCUT2D eigenvalue weighted by molar-refractivity contribution is 5.40. The molecule has 0 fully saturated rings. The number of methoxy groups -OCH3 is 2. The molecule has 0 bridgehead atoms. The molecule has 0 aromatic heterocycles. The van der Waals surface area contributed by atoms with Crippen molar-refractivity contribution in [2.75, 3.05) is 33.9 Å². The van der Waals surface area contributed by atoms with Crippen LogP contribution in [0, 0.1) is 0 Å². The van der Waals surface area contributed by atoms with Gasteiger partial charge in [0.15, 0.2) is 0 Å². The summed E-state index contributed by atoms with van der Waals surface area (Å²) in [5.74, 6) is 1.65. The molecule has 1 rings (SSSR count). The Hall–Kier alpha value is -1.52. The lowest BCUT2D eigenvalue weighted by molar-refractivity contribution is 0.201. The first-order valence-corrected chi connectivity index (χ1v) is 6.78. The van der Waals surface area contributed by atoms with Crippen LogP contribution in [0.3, 0.4) is 0 Å². The molecule has 0 radical (unpaired) electrons. The van der Waals surface area contributed by atoms with Gasteiger partial charge in [0, 0.05) is 25.2 Å². The van der Waals surface area contributed by atoms with Gasteiger partial charge in [0.1, 0.15) is 11.5 Å². The minimum absolute atomic E-state index is 0.142. The van der Waals surface area contributed by atoms with Gasteiger partial charge in [-0.3, -0.25) is 4.90 Å². The van der Waals surface area contributed by atoms with Crippen molar-refractivity contribution < 1.29 is 14.6 Å². The van der Waals surface area contributed by atoms with Crippen molar-refractivity contribution in [3.63, 3.8) is 0 Å². The standard InChI is InChI=1S/C16H25NO3/c1-13(2)7-8-17(9-10-18)12-14-11-15(19-3)5-6-16(14)20-4/h5-7,11,18H,8-10,12H2,1-4H3. The molecule has 112 valence electrons. The second kappa shape index (κ2) is 8.61. The third kappa shape index (κ3) is 5.23. The van der Waals surface area contributed by atoms with E-state index in [2.05, 4.69) is 24.8 Å². The number of aliphatic hydroxyl groups excluding tert-OH is 1. The van der Waals surface area contributed by atoms with Crippen LogP contribution in [0.2, 0.25) is 0 Å². The number of ether oxygens (including phenoxy) is 2. The lowest BCUT2D eigenvalue weighted by atomic mass is 10.1. The maximum Gasteiger partial charge on any atom is 0.123 e. The van der Waals surface area contributed by atoms with Crippen molar-refractivity contribution >= 4 is 0 Å². The first-order valence-electron chi connectivity index (χ1n) is 6.78. The minimum atomic E-state index is 0.142. The third-order valence-corrected chi connectivity index (χ3v) is 3.06. The zero-order valence-corrected chi connectivity index (χ0v) is 12.8. The van der Waals surface area contributed by atoms with Crippen molar-refractivity contribution in [2.45, 2.75) is 20.4 Å². The predicted molar refractivity (Wildman–Crippen MR) is 81.3 cm³/mol. The molecule has 1 aromatic carbocycles. The summed E-state index contributed by atoms with van der Waals surface area (Å²) >= 11 is 0. The van der Waals surface area contributed by atoms with Gasteiger partial charge >= 0.3 is 0 Å². The highest BCUT2D eigenvalue weighted by Gasteiger charge is 2.10. The molecule has 0 atom stereocenters. The van der Waals surface area contributed by atoms with Crippen molar-refractivity contribution in [2.24, 2.45) is 0 Å². The average molecular weight is 279 g/mol. The summed E-state index contributed by atoms with van der Waals surface area (Å²) in [6.07, 6.45) is 2.16. The first-order chi connectivity index (χ1) is 9.60. The van der Waals surface area contributed by atoms with Crippen molar-refractivity contribution in [3.8, 4) is 11.5 Å². The molecule has 4 heteroatoms.